The quantitative estimate of drug-likeness (QED) is 0.636. The summed E-state index contributed by atoms with van der Waals surface area (Å²) in [5, 5.41) is 14.6. The van der Waals surface area contributed by atoms with Crippen LogP contribution < -0.4 is 10.1 Å². The van der Waals surface area contributed by atoms with Gasteiger partial charge in [0.15, 0.2) is 11.4 Å². The second-order valence-electron chi connectivity index (χ2n) is 7.89. The van der Waals surface area contributed by atoms with Crippen LogP contribution in [0.4, 0.5) is 18.9 Å². The minimum absolute atomic E-state index is 0.234. The van der Waals surface area contributed by atoms with Crippen molar-refractivity contribution in [3.05, 3.63) is 41.9 Å². The van der Waals surface area contributed by atoms with E-state index in [4.69, 9.17) is 4.74 Å². The largest absolute Gasteiger partial charge is 0.494 e. The minimum atomic E-state index is -4.62. The lowest BCUT2D eigenvalue weighted by Gasteiger charge is -2.26. The molecule has 1 N–H and O–H groups in total. The fraction of sp³-hybridized carbons (Fsp3) is 0.429. The highest BCUT2D eigenvalue weighted by Crippen LogP contribution is 2.35. The molecule has 4 rings (SSSR count). The van der Waals surface area contributed by atoms with Gasteiger partial charge in [-0.3, -0.25) is 9.48 Å². The summed E-state index contributed by atoms with van der Waals surface area (Å²) in [6.07, 6.45) is 1.81. The van der Waals surface area contributed by atoms with Crippen LogP contribution in [0.2, 0.25) is 0 Å². The standard InChI is InChI=1S/C21H22F3N5O2/c1-12-3-5-14(6-4-12)29-11-13-9-17(18(31-2)10-16(13)28-29)25-20(30)15-7-8-19(27-26-15)21(22,23)24/h7-12,14H,3-6H2,1-2H3,(H,25,30). The summed E-state index contributed by atoms with van der Waals surface area (Å²) < 4.78 is 45.3. The number of nitrogens with zero attached hydrogens (tertiary/aromatic N) is 4. The Balaban J connectivity index is 1.57. The van der Waals surface area contributed by atoms with E-state index in [1.165, 1.54) is 20.0 Å². The molecule has 10 heteroatoms. The number of alkyl halides is 3. The summed E-state index contributed by atoms with van der Waals surface area (Å²) in [5.41, 5.74) is -0.281. The van der Waals surface area contributed by atoms with Gasteiger partial charge in [0.2, 0.25) is 0 Å². The maximum absolute atomic E-state index is 12.6. The maximum atomic E-state index is 12.6. The first kappa shape index (κ1) is 21.1. The number of carbonyl (C=O) groups excluding carboxylic acids is 1. The molecule has 1 aromatic carbocycles. The van der Waals surface area contributed by atoms with Crippen molar-refractivity contribution in [3.8, 4) is 5.75 Å². The lowest BCUT2D eigenvalue weighted by Crippen LogP contribution is -2.17. The van der Waals surface area contributed by atoms with Crippen molar-refractivity contribution in [1.82, 2.24) is 20.0 Å². The Bertz CT molecular complexity index is 1090. The topological polar surface area (TPSA) is 81.9 Å². The summed E-state index contributed by atoms with van der Waals surface area (Å²) in [7, 11) is 1.47. The van der Waals surface area contributed by atoms with Crippen LogP contribution in [0, 0.1) is 5.92 Å². The molecule has 0 atom stereocenters. The number of halogens is 3. The first-order valence-electron chi connectivity index (χ1n) is 10.0. The number of rotatable bonds is 4. The van der Waals surface area contributed by atoms with Gasteiger partial charge < -0.3 is 10.1 Å². The molecule has 1 fully saturated rings. The third-order valence-corrected chi connectivity index (χ3v) is 5.64. The highest BCUT2D eigenvalue weighted by molar-refractivity contribution is 6.04. The molecule has 7 nitrogen and oxygen atoms in total. The summed E-state index contributed by atoms with van der Waals surface area (Å²) in [6, 6.07) is 5.51. The molecule has 1 amide bonds. The zero-order chi connectivity index (χ0) is 22.2. The van der Waals surface area contributed by atoms with Crippen LogP contribution in [0.15, 0.2) is 30.5 Å². The highest BCUT2D eigenvalue weighted by atomic mass is 19.4. The van der Waals surface area contributed by atoms with Crippen molar-refractivity contribution in [1.29, 1.82) is 0 Å². The SMILES string of the molecule is COc1cc2nn(C3CCC(C)CC3)cc2cc1NC(=O)c1ccc(C(F)(F)F)nn1. The predicted molar refractivity (Wildman–Crippen MR) is 108 cm³/mol. The smallest absolute Gasteiger partial charge is 0.435 e. The van der Waals surface area contributed by atoms with E-state index in [2.05, 4.69) is 27.5 Å². The molecule has 0 spiro atoms. The number of anilines is 1. The van der Waals surface area contributed by atoms with E-state index >= 15 is 0 Å². The fourth-order valence-corrected chi connectivity index (χ4v) is 3.82. The number of ether oxygens (including phenoxy) is 1. The number of amides is 1. The number of benzene rings is 1. The van der Waals surface area contributed by atoms with Gasteiger partial charge in [-0.1, -0.05) is 6.92 Å². The number of hydrogen-bond donors (Lipinski definition) is 1. The first-order chi connectivity index (χ1) is 14.7. The Morgan fingerprint density at radius 1 is 1.16 bits per heavy atom. The van der Waals surface area contributed by atoms with Gasteiger partial charge in [0.25, 0.3) is 5.91 Å². The zero-order valence-corrected chi connectivity index (χ0v) is 17.1. The normalized spacial score (nSPS) is 19.4. The van der Waals surface area contributed by atoms with E-state index in [1.54, 1.807) is 12.1 Å². The summed E-state index contributed by atoms with van der Waals surface area (Å²) in [5.74, 6) is 0.437. The lowest BCUT2D eigenvalue weighted by molar-refractivity contribution is -0.141. The summed E-state index contributed by atoms with van der Waals surface area (Å²) in [4.78, 5) is 12.5. The third-order valence-electron chi connectivity index (χ3n) is 5.64. The number of nitrogens with one attached hydrogen (secondary N) is 1. The molecule has 1 aliphatic carbocycles. The molecular weight excluding hydrogens is 411 g/mol. The lowest BCUT2D eigenvalue weighted by atomic mass is 9.87. The Morgan fingerprint density at radius 2 is 1.90 bits per heavy atom. The van der Waals surface area contributed by atoms with Crippen LogP contribution in [0.25, 0.3) is 10.9 Å². The van der Waals surface area contributed by atoms with Crippen molar-refractivity contribution < 1.29 is 22.7 Å². The predicted octanol–water partition coefficient (Wildman–Crippen LogP) is 4.86. The van der Waals surface area contributed by atoms with Crippen LogP contribution in [-0.4, -0.2) is 33.0 Å². The number of carbonyl (C=O) groups is 1. The van der Waals surface area contributed by atoms with Gasteiger partial charge in [0.1, 0.15) is 5.75 Å². The van der Waals surface area contributed by atoms with Crippen molar-refractivity contribution in [2.45, 2.75) is 44.8 Å². The summed E-state index contributed by atoms with van der Waals surface area (Å²) in [6.45, 7) is 2.26. The molecule has 2 aromatic heterocycles. The third kappa shape index (κ3) is 4.47. The molecule has 3 aromatic rings. The Labute approximate surface area is 176 Å². The number of hydrogen-bond acceptors (Lipinski definition) is 5. The zero-order valence-electron chi connectivity index (χ0n) is 17.1. The van der Waals surface area contributed by atoms with Crippen LogP contribution in [0.1, 0.15) is 54.8 Å². The van der Waals surface area contributed by atoms with E-state index in [-0.39, 0.29) is 5.69 Å². The van der Waals surface area contributed by atoms with Crippen LogP contribution in [-0.2, 0) is 6.18 Å². The van der Waals surface area contributed by atoms with Gasteiger partial charge in [0.05, 0.1) is 24.4 Å². The van der Waals surface area contributed by atoms with Gasteiger partial charge in [-0.05, 0) is 49.8 Å². The van der Waals surface area contributed by atoms with E-state index in [1.807, 2.05) is 10.9 Å². The van der Waals surface area contributed by atoms with Crippen molar-refractivity contribution in [2.75, 3.05) is 12.4 Å². The van der Waals surface area contributed by atoms with Crippen LogP contribution >= 0.6 is 0 Å². The number of methoxy groups -OCH3 is 1. The average molecular weight is 433 g/mol. The van der Waals surface area contributed by atoms with Gasteiger partial charge in [-0.15, -0.1) is 10.2 Å². The molecule has 0 saturated heterocycles. The van der Waals surface area contributed by atoms with Crippen molar-refractivity contribution >= 4 is 22.5 Å². The molecule has 0 aliphatic heterocycles. The minimum Gasteiger partial charge on any atom is -0.494 e. The monoisotopic (exact) mass is 433 g/mol. The number of aromatic nitrogens is 4. The van der Waals surface area contributed by atoms with Crippen LogP contribution in [0.5, 0.6) is 5.75 Å². The molecule has 0 radical (unpaired) electrons. The maximum Gasteiger partial charge on any atom is 0.435 e. The van der Waals surface area contributed by atoms with Gasteiger partial charge in [-0.25, -0.2) is 0 Å². The summed E-state index contributed by atoms with van der Waals surface area (Å²) >= 11 is 0. The first-order valence-corrected chi connectivity index (χ1v) is 10.0. The molecule has 0 bridgehead atoms. The average Bonchev–Trinajstić information content (AvgIpc) is 3.16. The molecule has 1 aliphatic rings. The van der Waals surface area contributed by atoms with Gasteiger partial charge >= 0.3 is 6.18 Å². The van der Waals surface area contributed by atoms with Crippen molar-refractivity contribution in [2.24, 2.45) is 5.92 Å². The van der Waals surface area contributed by atoms with E-state index in [0.29, 0.717) is 17.5 Å². The van der Waals surface area contributed by atoms with Crippen molar-refractivity contribution in [3.63, 3.8) is 0 Å². The molecule has 2 heterocycles. The second kappa shape index (κ2) is 8.16. The Kier molecular flexibility index (Phi) is 5.55. The highest BCUT2D eigenvalue weighted by Gasteiger charge is 2.33. The van der Waals surface area contributed by atoms with Gasteiger partial charge in [-0.2, -0.15) is 18.3 Å². The Morgan fingerprint density at radius 3 is 2.52 bits per heavy atom. The fourth-order valence-electron chi connectivity index (χ4n) is 3.82. The molecule has 31 heavy (non-hydrogen) atoms. The second-order valence-corrected chi connectivity index (χ2v) is 7.89. The van der Waals surface area contributed by atoms with Gasteiger partial charge in [0, 0.05) is 17.6 Å². The van der Waals surface area contributed by atoms with E-state index < -0.39 is 17.8 Å². The Hall–Kier alpha value is -3.17. The molecule has 0 unspecified atom stereocenters. The van der Waals surface area contributed by atoms with E-state index in [9.17, 15) is 18.0 Å². The molecular formula is C21H22F3N5O2. The molecule has 1 saturated carbocycles. The number of fused-ring (bicyclic) bond motifs is 1. The van der Waals surface area contributed by atoms with Crippen LogP contribution in [0.3, 0.4) is 0 Å². The molecule has 164 valence electrons. The van der Waals surface area contributed by atoms with E-state index in [0.717, 1.165) is 41.8 Å².